The van der Waals surface area contributed by atoms with Crippen LogP contribution in [-0.4, -0.2) is 16.9 Å². The van der Waals surface area contributed by atoms with Crippen molar-refractivity contribution in [1.29, 1.82) is 0 Å². The lowest BCUT2D eigenvalue weighted by molar-refractivity contribution is 0.415. The second kappa shape index (κ2) is 6.23. The van der Waals surface area contributed by atoms with Gasteiger partial charge in [-0.05, 0) is 52.3 Å². The van der Waals surface area contributed by atoms with E-state index in [2.05, 4.69) is 38.5 Å². The first-order valence-corrected chi connectivity index (χ1v) is 7.65. The van der Waals surface area contributed by atoms with Crippen LogP contribution in [0.25, 0.3) is 11.3 Å². The second-order valence-corrected chi connectivity index (χ2v) is 5.75. The lowest BCUT2D eigenvalue weighted by Gasteiger charge is -2.10. The molecular formula is C17H16BrN3O. The van der Waals surface area contributed by atoms with Crippen molar-refractivity contribution in [3.8, 4) is 17.0 Å². The van der Waals surface area contributed by atoms with Crippen LogP contribution >= 0.6 is 15.9 Å². The number of aryl methyl sites for hydroxylation is 1. The van der Waals surface area contributed by atoms with Gasteiger partial charge in [0, 0.05) is 24.0 Å². The number of benzene rings is 2. The second-order valence-electron chi connectivity index (χ2n) is 4.90. The molecule has 0 aliphatic heterocycles. The molecule has 5 heteroatoms. The van der Waals surface area contributed by atoms with Crippen molar-refractivity contribution in [3.05, 3.63) is 59.2 Å². The van der Waals surface area contributed by atoms with E-state index in [4.69, 9.17) is 4.74 Å². The number of hydrogen-bond acceptors (Lipinski definition) is 3. The molecule has 0 radical (unpaired) electrons. The van der Waals surface area contributed by atoms with Gasteiger partial charge in [0.15, 0.2) is 0 Å². The van der Waals surface area contributed by atoms with Gasteiger partial charge in [-0.15, -0.1) is 0 Å². The van der Waals surface area contributed by atoms with Crippen molar-refractivity contribution in [2.45, 2.75) is 0 Å². The molecule has 3 aromatic rings. The predicted molar refractivity (Wildman–Crippen MR) is 92.6 cm³/mol. The van der Waals surface area contributed by atoms with E-state index in [1.807, 2.05) is 48.1 Å². The SMILES string of the molecule is COc1ccc(Nc2cccc(-c3c(Br)cnn3C)c2)cc1. The summed E-state index contributed by atoms with van der Waals surface area (Å²) in [6.45, 7) is 0. The van der Waals surface area contributed by atoms with Crippen LogP contribution in [0.3, 0.4) is 0 Å². The van der Waals surface area contributed by atoms with Crippen molar-refractivity contribution in [2.75, 3.05) is 12.4 Å². The van der Waals surface area contributed by atoms with Gasteiger partial charge in [-0.2, -0.15) is 5.10 Å². The van der Waals surface area contributed by atoms with Gasteiger partial charge in [0.05, 0.1) is 23.5 Å². The number of rotatable bonds is 4. The first kappa shape index (κ1) is 14.7. The first-order chi connectivity index (χ1) is 10.7. The molecule has 112 valence electrons. The van der Waals surface area contributed by atoms with Crippen LogP contribution in [0, 0.1) is 0 Å². The van der Waals surface area contributed by atoms with E-state index >= 15 is 0 Å². The Morgan fingerprint density at radius 3 is 2.50 bits per heavy atom. The zero-order valence-corrected chi connectivity index (χ0v) is 14.0. The van der Waals surface area contributed by atoms with E-state index in [1.165, 1.54) is 0 Å². The highest BCUT2D eigenvalue weighted by molar-refractivity contribution is 9.10. The average molecular weight is 358 g/mol. The summed E-state index contributed by atoms with van der Waals surface area (Å²) in [6.07, 6.45) is 1.80. The molecule has 0 unspecified atom stereocenters. The summed E-state index contributed by atoms with van der Waals surface area (Å²) in [7, 11) is 3.60. The van der Waals surface area contributed by atoms with Crippen LogP contribution in [0.2, 0.25) is 0 Å². The minimum Gasteiger partial charge on any atom is -0.497 e. The average Bonchev–Trinajstić information content (AvgIpc) is 2.87. The zero-order chi connectivity index (χ0) is 15.5. The molecule has 0 aliphatic carbocycles. The van der Waals surface area contributed by atoms with Gasteiger partial charge in [-0.1, -0.05) is 12.1 Å². The molecule has 0 saturated heterocycles. The summed E-state index contributed by atoms with van der Waals surface area (Å²) in [6, 6.07) is 16.1. The monoisotopic (exact) mass is 357 g/mol. The van der Waals surface area contributed by atoms with Crippen molar-refractivity contribution in [1.82, 2.24) is 9.78 Å². The number of nitrogens with zero attached hydrogens (tertiary/aromatic N) is 2. The van der Waals surface area contributed by atoms with E-state index in [-0.39, 0.29) is 0 Å². The van der Waals surface area contributed by atoms with Crippen LogP contribution in [0.5, 0.6) is 5.75 Å². The van der Waals surface area contributed by atoms with Crippen molar-refractivity contribution in [3.63, 3.8) is 0 Å². The molecule has 0 spiro atoms. The smallest absolute Gasteiger partial charge is 0.119 e. The Balaban J connectivity index is 1.88. The molecule has 2 aromatic carbocycles. The van der Waals surface area contributed by atoms with Gasteiger partial charge in [0.2, 0.25) is 0 Å². The molecule has 0 saturated carbocycles. The quantitative estimate of drug-likeness (QED) is 0.741. The number of hydrogen-bond donors (Lipinski definition) is 1. The van der Waals surface area contributed by atoms with Gasteiger partial charge in [0.25, 0.3) is 0 Å². The molecule has 0 fully saturated rings. The Labute approximate surface area is 137 Å². The predicted octanol–water partition coefficient (Wildman–Crippen LogP) is 4.60. The summed E-state index contributed by atoms with van der Waals surface area (Å²) in [5.41, 5.74) is 4.20. The van der Waals surface area contributed by atoms with Crippen LogP contribution in [0.15, 0.2) is 59.2 Å². The fraction of sp³-hybridized carbons (Fsp3) is 0.118. The lowest BCUT2D eigenvalue weighted by Crippen LogP contribution is -1.95. The number of aromatic nitrogens is 2. The number of methoxy groups -OCH3 is 1. The Morgan fingerprint density at radius 2 is 1.86 bits per heavy atom. The standard InChI is InChI=1S/C17H16BrN3O/c1-21-17(16(18)11-19-21)12-4-3-5-14(10-12)20-13-6-8-15(22-2)9-7-13/h3-11,20H,1-2H3. The normalized spacial score (nSPS) is 10.5. The highest BCUT2D eigenvalue weighted by Crippen LogP contribution is 2.30. The summed E-state index contributed by atoms with van der Waals surface area (Å²) in [5, 5.41) is 7.66. The third kappa shape index (κ3) is 2.99. The Kier molecular flexibility index (Phi) is 4.15. The number of nitrogens with one attached hydrogen (secondary N) is 1. The van der Waals surface area contributed by atoms with Gasteiger partial charge in [-0.3, -0.25) is 4.68 Å². The lowest BCUT2D eigenvalue weighted by atomic mass is 10.1. The van der Waals surface area contributed by atoms with Gasteiger partial charge >= 0.3 is 0 Å². The molecule has 0 aliphatic rings. The minimum absolute atomic E-state index is 0.845. The maximum atomic E-state index is 5.17. The molecule has 1 N–H and O–H groups in total. The van der Waals surface area contributed by atoms with Gasteiger partial charge in [-0.25, -0.2) is 0 Å². The van der Waals surface area contributed by atoms with Crippen LogP contribution in [-0.2, 0) is 7.05 Å². The highest BCUT2D eigenvalue weighted by Gasteiger charge is 2.09. The van der Waals surface area contributed by atoms with Gasteiger partial charge in [0.1, 0.15) is 5.75 Å². The molecule has 0 atom stereocenters. The van der Waals surface area contributed by atoms with E-state index in [0.717, 1.165) is 32.9 Å². The minimum atomic E-state index is 0.845. The van der Waals surface area contributed by atoms with Crippen LogP contribution < -0.4 is 10.1 Å². The zero-order valence-electron chi connectivity index (χ0n) is 12.4. The van der Waals surface area contributed by atoms with Crippen molar-refractivity contribution < 1.29 is 4.74 Å². The van der Waals surface area contributed by atoms with Crippen molar-refractivity contribution >= 4 is 27.3 Å². The van der Waals surface area contributed by atoms with E-state index in [0.29, 0.717) is 0 Å². The summed E-state index contributed by atoms with van der Waals surface area (Å²) in [4.78, 5) is 0. The van der Waals surface area contributed by atoms with Crippen LogP contribution in [0.4, 0.5) is 11.4 Å². The molecular weight excluding hydrogens is 342 g/mol. The molecule has 3 rings (SSSR count). The summed E-state index contributed by atoms with van der Waals surface area (Å²) >= 11 is 3.54. The Morgan fingerprint density at radius 1 is 1.09 bits per heavy atom. The number of ether oxygens (including phenoxy) is 1. The molecule has 22 heavy (non-hydrogen) atoms. The Hall–Kier alpha value is -2.27. The summed E-state index contributed by atoms with van der Waals surface area (Å²) in [5.74, 6) is 0.845. The van der Waals surface area contributed by atoms with Crippen molar-refractivity contribution in [2.24, 2.45) is 7.05 Å². The molecule has 0 amide bonds. The van der Waals surface area contributed by atoms with E-state index in [1.54, 1.807) is 13.3 Å². The first-order valence-electron chi connectivity index (χ1n) is 6.86. The fourth-order valence-electron chi connectivity index (χ4n) is 2.32. The molecule has 1 heterocycles. The fourth-order valence-corrected chi connectivity index (χ4v) is 2.90. The summed E-state index contributed by atoms with van der Waals surface area (Å²) < 4.78 is 8.01. The number of anilines is 2. The topological polar surface area (TPSA) is 39.1 Å². The molecule has 0 bridgehead atoms. The molecule has 4 nitrogen and oxygen atoms in total. The number of halogens is 1. The highest BCUT2D eigenvalue weighted by atomic mass is 79.9. The Bertz CT molecular complexity index is 761. The van der Waals surface area contributed by atoms with E-state index < -0.39 is 0 Å². The van der Waals surface area contributed by atoms with Gasteiger partial charge < -0.3 is 10.1 Å². The molecule has 1 aromatic heterocycles. The van der Waals surface area contributed by atoms with E-state index in [9.17, 15) is 0 Å². The van der Waals surface area contributed by atoms with Crippen LogP contribution in [0.1, 0.15) is 0 Å². The maximum Gasteiger partial charge on any atom is 0.119 e. The largest absolute Gasteiger partial charge is 0.497 e. The third-order valence-corrected chi connectivity index (χ3v) is 3.99. The maximum absolute atomic E-state index is 5.17. The third-order valence-electron chi connectivity index (χ3n) is 3.41.